The molecule has 146 valence electrons. The van der Waals surface area contributed by atoms with Crippen molar-refractivity contribution in [1.29, 1.82) is 0 Å². The molecule has 2 aromatic carbocycles. The fraction of sp³-hybridized carbons (Fsp3) is 0.304. The maximum Gasteiger partial charge on any atom is 0.251 e. The molecule has 3 aromatic rings. The van der Waals surface area contributed by atoms with Crippen molar-refractivity contribution in [3.05, 3.63) is 75.6 Å². The first-order valence-corrected chi connectivity index (χ1v) is 9.49. The molecule has 0 saturated carbocycles. The summed E-state index contributed by atoms with van der Waals surface area (Å²) in [4.78, 5) is 27.4. The van der Waals surface area contributed by atoms with Crippen LogP contribution < -0.4 is 15.6 Å². The predicted octanol–water partition coefficient (Wildman–Crippen LogP) is 3.70. The van der Waals surface area contributed by atoms with E-state index < -0.39 is 0 Å². The van der Waals surface area contributed by atoms with Gasteiger partial charge in [0.1, 0.15) is 5.75 Å². The molecule has 0 aliphatic heterocycles. The molecule has 5 nitrogen and oxygen atoms in total. The number of methoxy groups -OCH3 is 1. The number of aryl methyl sites for hydroxylation is 1. The lowest BCUT2D eigenvalue weighted by Gasteiger charge is -2.13. The van der Waals surface area contributed by atoms with Crippen LogP contribution in [-0.2, 0) is 11.2 Å². The molecule has 1 unspecified atom stereocenters. The molecule has 0 bridgehead atoms. The van der Waals surface area contributed by atoms with Crippen LogP contribution in [0.15, 0.2) is 53.3 Å². The van der Waals surface area contributed by atoms with E-state index in [1.54, 1.807) is 7.11 Å². The zero-order valence-electron chi connectivity index (χ0n) is 16.5. The van der Waals surface area contributed by atoms with E-state index in [4.69, 9.17) is 4.74 Å². The Morgan fingerprint density at radius 3 is 2.61 bits per heavy atom. The van der Waals surface area contributed by atoms with Crippen molar-refractivity contribution in [1.82, 2.24) is 10.3 Å². The minimum Gasteiger partial charge on any atom is -0.497 e. The third kappa shape index (κ3) is 4.80. The van der Waals surface area contributed by atoms with Crippen molar-refractivity contribution in [3.63, 3.8) is 0 Å². The summed E-state index contributed by atoms with van der Waals surface area (Å²) in [7, 11) is 1.63. The normalized spacial score (nSPS) is 12.0. The number of ether oxygens (including phenoxy) is 1. The number of H-pyrrole nitrogens is 1. The van der Waals surface area contributed by atoms with Gasteiger partial charge in [-0.3, -0.25) is 9.59 Å². The predicted molar refractivity (Wildman–Crippen MR) is 112 cm³/mol. The lowest BCUT2D eigenvalue weighted by molar-refractivity contribution is -0.121. The van der Waals surface area contributed by atoms with Gasteiger partial charge >= 0.3 is 0 Å². The number of aromatic amines is 1. The average Bonchev–Trinajstić information content (AvgIpc) is 2.68. The Morgan fingerprint density at radius 1 is 1.14 bits per heavy atom. The van der Waals surface area contributed by atoms with Gasteiger partial charge in [0.15, 0.2) is 0 Å². The maximum absolute atomic E-state index is 12.3. The van der Waals surface area contributed by atoms with Crippen LogP contribution in [0.2, 0.25) is 0 Å². The fourth-order valence-corrected chi connectivity index (χ4v) is 3.28. The molecule has 2 N–H and O–H groups in total. The highest BCUT2D eigenvalue weighted by atomic mass is 16.5. The number of amides is 1. The zero-order chi connectivity index (χ0) is 20.1. The minimum atomic E-state index is -0.0982. The molecule has 28 heavy (non-hydrogen) atoms. The molecule has 0 spiro atoms. The van der Waals surface area contributed by atoms with E-state index in [0.29, 0.717) is 24.9 Å². The Kier molecular flexibility index (Phi) is 6.14. The van der Waals surface area contributed by atoms with E-state index in [9.17, 15) is 9.59 Å². The summed E-state index contributed by atoms with van der Waals surface area (Å²) in [6.45, 7) is 4.46. The van der Waals surface area contributed by atoms with Crippen molar-refractivity contribution in [3.8, 4) is 5.75 Å². The molecule has 1 aromatic heterocycles. The third-order valence-corrected chi connectivity index (χ3v) is 4.97. The zero-order valence-corrected chi connectivity index (χ0v) is 16.5. The molecule has 1 heterocycles. The number of fused-ring (bicyclic) bond motifs is 1. The quantitative estimate of drug-likeness (QED) is 0.659. The number of pyridine rings is 1. The highest BCUT2D eigenvalue weighted by Gasteiger charge is 2.12. The van der Waals surface area contributed by atoms with Crippen LogP contribution in [0.5, 0.6) is 5.75 Å². The molecular weight excluding hydrogens is 352 g/mol. The Hall–Kier alpha value is -3.08. The SMILES string of the molecule is COc1ccc(C(C)CC(=O)NCCc2cc3ccc(C)cc3[nH]c2=O)cc1. The molecule has 0 fully saturated rings. The Bertz CT molecular complexity index is 1020. The Morgan fingerprint density at radius 2 is 1.89 bits per heavy atom. The van der Waals surface area contributed by atoms with Crippen LogP contribution in [-0.4, -0.2) is 24.5 Å². The lowest BCUT2D eigenvalue weighted by Crippen LogP contribution is -2.28. The molecule has 0 aliphatic carbocycles. The average molecular weight is 378 g/mol. The summed E-state index contributed by atoms with van der Waals surface area (Å²) < 4.78 is 5.16. The molecule has 0 radical (unpaired) electrons. The second-order valence-corrected chi connectivity index (χ2v) is 7.19. The van der Waals surface area contributed by atoms with Crippen molar-refractivity contribution in [2.45, 2.75) is 32.6 Å². The van der Waals surface area contributed by atoms with Gasteiger partial charge < -0.3 is 15.0 Å². The molecule has 5 heteroatoms. The van der Waals surface area contributed by atoms with Crippen LogP contribution in [0.25, 0.3) is 10.9 Å². The number of rotatable bonds is 7. The second-order valence-electron chi connectivity index (χ2n) is 7.19. The number of nitrogens with one attached hydrogen (secondary N) is 2. The maximum atomic E-state index is 12.3. The lowest BCUT2D eigenvalue weighted by atomic mass is 9.97. The Balaban J connectivity index is 1.54. The molecule has 1 amide bonds. The van der Waals surface area contributed by atoms with Gasteiger partial charge in [0.2, 0.25) is 5.91 Å². The van der Waals surface area contributed by atoms with E-state index in [1.165, 1.54) is 0 Å². The first kappa shape index (κ1) is 19.7. The van der Waals surface area contributed by atoms with E-state index in [-0.39, 0.29) is 17.4 Å². The van der Waals surface area contributed by atoms with Gasteiger partial charge in [-0.1, -0.05) is 31.2 Å². The molecule has 1 atom stereocenters. The molecule has 0 saturated heterocycles. The van der Waals surface area contributed by atoms with Gasteiger partial charge in [0.05, 0.1) is 7.11 Å². The standard InChI is InChI=1S/C23H26N2O3/c1-15-4-5-18-14-19(23(27)25-21(18)12-15)10-11-24-22(26)13-16(2)17-6-8-20(28-3)9-7-17/h4-9,12,14,16H,10-11,13H2,1-3H3,(H,24,26)(H,25,27). The van der Waals surface area contributed by atoms with Gasteiger partial charge in [-0.25, -0.2) is 0 Å². The first-order valence-electron chi connectivity index (χ1n) is 9.49. The van der Waals surface area contributed by atoms with E-state index in [0.717, 1.165) is 27.8 Å². The van der Waals surface area contributed by atoms with Gasteiger partial charge in [-0.05, 0) is 60.0 Å². The first-order chi connectivity index (χ1) is 13.5. The molecule has 3 rings (SSSR count). The van der Waals surface area contributed by atoms with Crippen LogP contribution in [0.3, 0.4) is 0 Å². The van der Waals surface area contributed by atoms with E-state index in [1.807, 2.05) is 62.4 Å². The summed E-state index contributed by atoms with van der Waals surface area (Å²) >= 11 is 0. The van der Waals surface area contributed by atoms with Gasteiger partial charge in [0, 0.05) is 24.0 Å². The second kappa shape index (κ2) is 8.74. The summed E-state index contributed by atoms with van der Waals surface area (Å²) in [6.07, 6.45) is 0.904. The minimum absolute atomic E-state index is 0.0174. The van der Waals surface area contributed by atoms with Crippen molar-refractivity contribution in [2.24, 2.45) is 0 Å². The monoisotopic (exact) mass is 378 g/mol. The number of benzene rings is 2. The summed E-state index contributed by atoms with van der Waals surface area (Å²) in [5.74, 6) is 0.894. The largest absolute Gasteiger partial charge is 0.497 e. The van der Waals surface area contributed by atoms with Crippen molar-refractivity contribution < 1.29 is 9.53 Å². The number of carbonyl (C=O) groups excluding carboxylic acids is 1. The van der Waals surface area contributed by atoms with Crippen LogP contribution in [0, 0.1) is 6.92 Å². The van der Waals surface area contributed by atoms with Crippen LogP contribution in [0.1, 0.15) is 36.0 Å². The number of aromatic nitrogens is 1. The third-order valence-electron chi connectivity index (χ3n) is 4.97. The van der Waals surface area contributed by atoms with E-state index >= 15 is 0 Å². The summed E-state index contributed by atoms with van der Waals surface area (Å²) in [5, 5.41) is 3.92. The van der Waals surface area contributed by atoms with Crippen molar-refractivity contribution >= 4 is 16.8 Å². The van der Waals surface area contributed by atoms with Gasteiger partial charge in [0.25, 0.3) is 5.56 Å². The summed E-state index contributed by atoms with van der Waals surface area (Å²) in [5.41, 5.74) is 3.62. The summed E-state index contributed by atoms with van der Waals surface area (Å²) in [6, 6.07) is 15.6. The smallest absolute Gasteiger partial charge is 0.251 e. The van der Waals surface area contributed by atoms with E-state index in [2.05, 4.69) is 10.3 Å². The molecular formula is C23H26N2O3. The highest BCUT2D eigenvalue weighted by Crippen LogP contribution is 2.21. The van der Waals surface area contributed by atoms with Crippen LogP contribution in [0.4, 0.5) is 0 Å². The van der Waals surface area contributed by atoms with Crippen molar-refractivity contribution in [2.75, 3.05) is 13.7 Å². The topological polar surface area (TPSA) is 71.2 Å². The number of carbonyl (C=O) groups is 1. The number of hydrogen-bond acceptors (Lipinski definition) is 3. The van der Waals surface area contributed by atoms with Crippen LogP contribution >= 0.6 is 0 Å². The fourth-order valence-electron chi connectivity index (χ4n) is 3.28. The highest BCUT2D eigenvalue weighted by molar-refractivity contribution is 5.79. The van der Waals surface area contributed by atoms with Gasteiger partial charge in [-0.15, -0.1) is 0 Å². The number of hydrogen-bond donors (Lipinski definition) is 2. The molecule has 0 aliphatic rings. The van der Waals surface area contributed by atoms with Gasteiger partial charge in [-0.2, -0.15) is 0 Å². The Labute approximate surface area is 164 Å².